The zero-order valence-corrected chi connectivity index (χ0v) is 12.8. The largest absolute Gasteiger partial charge is 0.497 e. The van der Waals surface area contributed by atoms with E-state index < -0.39 is 0 Å². The Bertz CT molecular complexity index is 756. The van der Waals surface area contributed by atoms with Crippen molar-refractivity contribution in [2.45, 2.75) is 0 Å². The van der Waals surface area contributed by atoms with Gasteiger partial charge in [0.2, 0.25) is 0 Å². The summed E-state index contributed by atoms with van der Waals surface area (Å²) in [6.07, 6.45) is 1.79. The van der Waals surface area contributed by atoms with Crippen molar-refractivity contribution < 1.29 is 9.53 Å². The molecule has 1 N–H and O–H groups in total. The first kappa shape index (κ1) is 14.3. The molecule has 1 amide bonds. The first-order chi connectivity index (χ1) is 10.7. The van der Waals surface area contributed by atoms with Gasteiger partial charge in [-0.1, -0.05) is 36.4 Å². The molecular weight excluding hydrogens is 296 g/mol. The van der Waals surface area contributed by atoms with Crippen LogP contribution in [0.3, 0.4) is 0 Å². The SMILES string of the molecule is COc1cccc(N2C(=O)/C(=C/c3ccccc3)NC2=S)c1. The zero-order valence-electron chi connectivity index (χ0n) is 11.9. The number of hydrogen-bond donors (Lipinski definition) is 1. The van der Waals surface area contributed by atoms with Crippen LogP contribution in [0.5, 0.6) is 5.75 Å². The Labute approximate surface area is 134 Å². The number of carbonyl (C=O) groups excluding carboxylic acids is 1. The molecule has 0 atom stereocenters. The van der Waals surface area contributed by atoms with E-state index >= 15 is 0 Å². The number of carbonyl (C=O) groups is 1. The van der Waals surface area contributed by atoms with Crippen LogP contribution in [-0.4, -0.2) is 18.1 Å². The maximum absolute atomic E-state index is 12.6. The highest BCUT2D eigenvalue weighted by Gasteiger charge is 2.32. The summed E-state index contributed by atoms with van der Waals surface area (Å²) in [6, 6.07) is 16.9. The molecule has 110 valence electrons. The van der Waals surface area contributed by atoms with Crippen molar-refractivity contribution in [2.75, 3.05) is 12.0 Å². The minimum absolute atomic E-state index is 0.179. The predicted molar refractivity (Wildman–Crippen MR) is 90.6 cm³/mol. The molecule has 0 saturated carbocycles. The van der Waals surface area contributed by atoms with Crippen LogP contribution in [0.25, 0.3) is 6.08 Å². The molecule has 1 aliphatic rings. The number of nitrogens with one attached hydrogen (secondary N) is 1. The minimum Gasteiger partial charge on any atom is -0.497 e. The highest BCUT2D eigenvalue weighted by atomic mass is 32.1. The van der Waals surface area contributed by atoms with Crippen LogP contribution in [0, 0.1) is 0 Å². The Balaban J connectivity index is 1.93. The van der Waals surface area contributed by atoms with Gasteiger partial charge in [0.15, 0.2) is 5.11 Å². The molecule has 1 saturated heterocycles. The average Bonchev–Trinajstić information content (AvgIpc) is 2.82. The van der Waals surface area contributed by atoms with Crippen LogP contribution in [-0.2, 0) is 4.79 Å². The van der Waals surface area contributed by atoms with Crippen molar-refractivity contribution in [3.63, 3.8) is 0 Å². The third-order valence-electron chi connectivity index (χ3n) is 3.30. The lowest BCUT2D eigenvalue weighted by Crippen LogP contribution is -2.30. The van der Waals surface area contributed by atoms with Gasteiger partial charge in [0.05, 0.1) is 12.8 Å². The van der Waals surface area contributed by atoms with E-state index in [0.717, 1.165) is 5.56 Å². The summed E-state index contributed by atoms with van der Waals surface area (Å²) in [4.78, 5) is 14.1. The number of hydrogen-bond acceptors (Lipinski definition) is 3. The fourth-order valence-electron chi connectivity index (χ4n) is 2.24. The van der Waals surface area contributed by atoms with Gasteiger partial charge in [-0.15, -0.1) is 0 Å². The second-order valence-corrected chi connectivity index (χ2v) is 5.13. The molecule has 0 aromatic heterocycles. The molecule has 0 aliphatic carbocycles. The Hall–Kier alpha value is -2.66. The molecule has 1 aliphatic heterocycles. The summed E-state index contributed by atoms with van der Waals surface area (Å²) < 4.78 is 5.19. The topological polar surface area (TPSA) is 41.6 Å². The number of thiocarbonyl (C=S) groups is 1. The molecule has 5 heteroatoms. The van der Waals surface area contributed by atoms with Crippen molar-refractivity contribution in [2.24, 2.45) is 0 Å². The van der Waals surface area contributed by atoms with Crippen molar-refractivity contribution in [1.82, 2.24) is 5.32 Å². The van der Waals surface area contributed by atoms with E-state index in [1.807, 2.05) is 48.5 Å². The molecule has 4 nitrogen and oxygen atoms in total. The number of methoxy groups -OCH3 is 1. The predicted octanol–water partition coefficient (Wildman–Crippen LogP) is 2.96. The van der Waals surface area contributed by atoms with Crippen LogP contribution in [0.2, 0.25) is 0 Å². The fraction of sp³-hybridized carbons (Fsp3) is 0.0588. The molecular formula is C17H14N2O2S. The molecule has 0 unspecified atom stereocenters. The van der Waals surface area contributed by atoms with Gasteiger partial charge in [0, 0.05) is 6.07 Å². The van der Waals surface area contributed by atoms with Crippen molar-refractivity contribution in [3.8, 4) is 5.75 Å². The summed E-state index contributed by atoms with van der Waals surface area (Å²) in [5.41, 5.74) is 2.07. The second-order valence-electron chi connectivity index (χ2n) is 4.74. The lowest BCUT2D eigenvalue weighted by atomic mass is 10.2. The Morgan fingerprint density at radius 1 is 1.14 bits per heavy atom. The molecule has 0 spiro atoms. The first-order valence-electron chi connectivity index (χ1n) is 6.75. The smallest absolute Gasteiger partial charge is 0.281 e. The van der Waals surface area contributed by atoms with Crippen LogP contribution < -0.4 is 15.0 Å². The lowest BCUT2D eigenvalue weighted by Gasteiger charge is -2.14. The van der Waals surface area contributed by atoms with Crippen LogP contribution >= 0.6 is 12.2 Å². The van der Waals surface area contributed by atoms with Crippen molar-refractivity contribution in [3.05, 3.63) is 65.9 Å². The molecule has 3 rings (SSSR count). The van der Waals surface area contributed by atoms with Crippen LogP contribution in [0.15, 0.2) is 60.3 Å². The van der Waals surface area contributed by atoms with Crippen LogP contribution in [0.1, 0.15) is 5.56 Å². The summed E-state index contributed by atoms with van der Waals surface area (Å²) in [7, 11) is 1.59. The maximum Gasteiger partial charge on any atom is 0.281 e. The normalized spacial score (nSPS) is 16.0. The van der Waals surface area contributed by atoms with Gasteiger partial charge in [-0.05, 0) is 36.0 Å². The number of benzene rings is 2. The number of rotatable bonds is 3. The standard InChI is InChI=1S/C17H14N2O2S/c1-21-14-9-5-8-13(11-14)19-16(20)15(18-17(19)22)10-12-6-3-2-4-7-12/h2-11H,1H3,(H,18,22)/b15-10-. The Morgan fingerprint density at radius 2 is 1.91 bits per heavy atom. The second kappa shape index (κ2) is 5.99. The van der Waals surface area contributed by atoms with E-state index in [1.165, 1.54) is 4.90 Å². The average molecular weight is 310 g/mol. The number of nitrogens with zero attached hydrogens (tertiary/aromatic N) is 1. The molecule has 1 fully saturated rings. The maximum atomic E-state index is 12.6. The highest BCUT2D eigenvalue weighted by molar-refractivity contribution is 7.80. The minimum atomic E-state index is -0.179. The third-order valence-corrected chi connectivity index (χ3v) is 3.58. The van der Waals surface area contributed by atoms with Gasteiger partial charge in [-0.3, -0.25) is 9.69 Å². The van der Waals surface area contributed by atoms with E-state index in [-0.39, 0.29) is 5.91 Å². The molecule has 1 heterocycles. The summed E-state index contributed by atoms with van der Waals surface area (Å²) in [6.45, 7) is 0. The zero-order chi connectivity index (χ0) is 15.5. The molecule has 0 radical (unpaired) electrons. The van der Waals surface area contributed by atoms with Gasteiger partial charge in [0.25, 0.3) is 5.91 Å². The first-order valence-corrected chi connectivity index (χ1v) is 7.16. The van der Waals surface area contributed by atoms with Gasteiger partial charge < -0.3 is 10.1 Å². The Kier molecular flexibility index (Phi) is 3.89. The summed E-state index contributed by atoms with van der Waals surface area (Å²) in [5.74, 6) is 0.496. The number of amides is 1. The van der Waals surface area contributed by atoms with E-state index in [4.69, 9.17) is 17.0 Å². The van der Waals surface area contributed by atoms with Crippen LogP contribution in [0.4, 0.5) is 5.69 Å². The van der Waals surface area contributed by atoms with Crippen molar-refractivity contribution in [1.29, 1.82) is 0 Å². The van der Waals surface area contributed by atoms with E-state index in [1.54, 1.807) is 19.3 Å². The number of anilines is 1. The third kappa shape index (κ3) is 2.71. The fourth-order valence-corrected chi connectivity index (χ4v) is 2.53. The summed E-state index contributed by atoms with van der Waals surface area (Å²) in [5, 5.41) is 3.33. The van der Waals surface area contributed by atoms with Crippen molar-refractivity contribution >= 4 is 35.0 Å². The lowest BCUT2D eigenvalue weighted by molar-refractivity contribution is -0.113. The highest BCUT2D eigenvalue weighted by Crippen LogP contribution is 2.25. The monoisotopic (exact) mass is 310 g/mol. The molecule has 22 heavy (non-hydrogen) atoms. The van der Waals surface area contributed by atoms with Gasteiger partial charge >= 0.3 is 0 Å². The molecule has 2 aromatic rings. The Morgan fingerprint density at radius 3 is 2.64 bits per heavy atom. The van der Waals surface area contributed by atoms with Gasteiger partial charge in [-0.2, -0.15) is 0 Å². The quantitative estimate of drug-likeness (QED) is 0.699. The van der Waals surface area contributed by atoms with E-state index in [9.17, 15) is 4.79 Å². The number of ether oxygens (including phenoxy) is 1. The van der Waals surface area contributed by atoms with E-state index in [0.29, 0.717) is 22.2 Å². The molecule has 0 bridgehead atoms. The van der Waals surface area contributed by atoms with Gasteiger partial charge in [-0.25, -0.2) is 0 Å². The summed E-state index contributed by atoms with van der Waals surface area (Å²) >= 11 is 5.28. The van der Waals surface area contributed by atoms with Gasteiger partial charge in [0.1, 0.15) is 11.4 Å². The van der Waals surface area contributed by atoms with E-state index in [2.05, 4.69) is 5.32 Å². The molecule has 2 aromatic carbocycles.